The zero-order valence-corrected chi connectivity index (χ0v) is 11.1. The van der Waals surface area contributed by atoms with Gasteiger partial charge in [0.15, 0.2) is 0 Å². The predicted molar refractivity (Wildman–Crippen MR) is 66.2 cm³/mol. The van der Waals surface area contributed by atoms with Gasteiger partial charge in [0.1, 0.15) is 4.90 Å². The van der Waals surface area contributed by atoms with Gasteiger partial charge in [-0.05, 0) is 24.1 Å². The second-order valence-electron chi connectivity index (χ2n) is 4.00. The summed E-state index contributed by atoms with van der Waals surface area (Å²) >= 11 is 5.82. The third kappa shape index (κ3) is 3.70. The lowest BCUT2D eigenvalue weighted by molar-refractivity contribution is 0.560. The summed E-state index contributed by atoms with van der Waals surface area (Å²) in [6.45, 7) is 4.13. The number of halogens is 1. The predicted octanol–water partition coefficient (Wildman–Crippen LogP) is 2.15. The molecule has 0 saturated carbocycles. The smallest absolute Gasteiger partial charge is 0.211 e. The Kier molecular flexibility index (Phi) is 4.52. The van der Waals surface area contributed by atoms with E-state index in [-0.39, 0.29) is 21.4 Å². The van der Waals surface area contributed by atoms with Crippen LogP contribution in [0.3, 0.4) is 0 Å². The third-order valence-corrected chi connectivity index (χ3v) is 3.94. The van der Waals surface area contributed by atoms with Gasteiger partial charge in [-0.15, -0.1) is 0 Å². The maximum Gasteiger partial charge on any atom is 0.242 e. The van der Waals surface area contributed by atoms with Crippen molar-refractivity contribution in [3.8, 4) is 6.07 Å². The van der Waals surface area contributed by atoms with Gasteiger partial charge in [-0.25, -0.2) is 13.1 Å². The van der Waals surface area contributed by atoms with Crippen molar-refractivity contribution in [1.29, 1.82) is 5.26 Å². The molecule has 0 bridgehead atoms. The molecule has 0 radical (unpaired) electrons. The molecule has 0 aliphatic rings. The summed E-state index contributed by atoms with van der Waals surface area (Å²) in [5.41, 5.74) is 0.263. The number of nitrogens with zero attached hydrogens (tertiary/aromatic N) is 1. The van der Waals surface area contributed by atoms with Crippen molar-refractivity contribution in [3.63, 3.8) is 0 Å². The summed E-state index contributed by atoms with van der Waals surface area (Å²) < 4.78 is 26.3. The summed E-state index contributed by atoms with van der Waals surface area (Å²) in [5.74, 6) is 0.197. The van der Waals surface area contributed by atoms with Gasteiger partial charge >= 0.3 is 0 Å². The Morgan fingerprint density at radius 3 is 2.65 bits per heavy atom. The Morgan fingerprint density at radius 1 is 1.47 bits per heavy atom. The van der Waals surface area contributed by atoms with E-state index in [0.29, 0.717) is 6.54 Å². The minimum Gasteiger partial charge on any atom is -0.211 e. The van der Waals surface area contributed by atoms with E-state index in [1.54, 1.807) is 0 Å². The lowest BCUT2D eigenvalue weighted by Gasteiger charge is -2.10. The average Bonchev–Trinajstić information content (AvgIpc) is 2.27. The molecule has 1 aromatic carbocycles. The fraction of sp³-hybridized carbons (Fsp3) is 0.364. The fourth-order valence-corrected chi connectivity index (χ4v) is 2.87. The Hall–Kier alpha value is -1.09. The molecule has 0 aliphatic carbocycles. The molecule has 1 rings (SSSR count). The van der Waals surface area contributed by atoms with Crippen LogP contribution >= 0.6 is 11.6 Å². The van der Waals surface area contributed by atoms with Gasteiger partial charge < -0.3 is 0 Å². The second kappa shape index (κ2) is 5.50. The lowest BCUT2D eigenvalue weighted by Crippen LogP contribution is -2.27. The molecule has 0 amide bonds. The van der Waals surface area contributed by atoms with Crippen LogP contribution in [-0.4, -0.2) is 15.0 Å². The van der Waals surface area contributed by atoms with Crippen LogP contribution in [0.25, 0.3) is 0 Å². The Balaban J connectivity index is 3.11. The topological polar surface area (TPSA) is 70.0 Å². The minimum absolute atomic E-state index is 0.0566. The van der Waals surface area contributed by atoms with E-state index in [2.05, 4.69) is 4.72 Å². The SMILES string of the molecule is CC(C)CNS(=O)(=O)c1cc(C#N)ccc1Cl. The van der Waals surface area contributed by atoms with E-state index in [4.69, 9.17) is 16.9 Å². The molecule has 92 valence electrons. The van der Waals surface area contributed by atoms with Gasteiger partial charge in [0, 0.05) is 6.54 Å². The summed E-state index contributed by atoms with van der Waals surface area (Å²) in [5, 5.41) is 8.84. The average molecular weight is 273 g/mol. The van der Waals surface area contributed by atoms with E-state index in [9.17, 15) is 8.42 Å². The van der Waals surface area contributed by atoms with Crippen LogP contribution in [0.4, 0.5) is 0 Å². The van der Waals surface area contributed by atoms with Gasteiger partial charge in [-0.1, -0.05) is 25.4 Å². The van der Waals surface area contributed by atoms with Gasteiger partial charge in [0.25, 0.3) is 0 Å². The maximum atomic E-state index is 11.9. The first-order valence-electron chi connectivity index (χ1n) is 5.06. The van der Waals surface area contributed by atoms with Gasteiger partial charge in [0.2, 0.25) is 10.0 Å². The molecule has 0 unspecified atom stereocenters. The highest BCUT2D eigenvalue weighted by atomic mass is 35.5. The van der Waals surface area contributed by atoms with E-state index >= 15 is 0 Å². The fourth-order valence-electron chi connectivity index (χ4n) is 1.13. The number of nitriles is 1. The number of rotatable bonds is 4. The van der Waals surface area contributed by atoms with Crippen LogP contribution in [-0.2, 0) is 10.0 Å². The third-order valence-electron chi connectivity index (χ3n) is 2.03. The zero-order valence-electron chi connectivity index (χ0n) is 9.57. The van der Waals surface area contributed by atoms with Crippen LogP contribution in [0, 0.1) is 17.2 Å². The van der Waals surface area contributed by atoms with E-state index < -0.39 is 10.0 Å². The Labute approximate surface area is 106 Å². The van der Waals surface area contributed by atoms with Gasteiger partial charge in [-0.3, -0.25) is 0 Å². The molecule has 1 N–H and O–H groups in total. The maximum absolute atomic E-state index is 11.9. The van der Waals surface area contributed by atoms with Gasteiger partial charge in [0.05, 0.1) is 16.7 Å². The normalized spacial score (nSPS) is 11.5. The molecule has 0 aromatic heterocycles. The number of sulfonamides is 1. The summed E-state index contributed by atoms with van der Waals surface area (Å²) in [6.07, 6.45) is 0. The van der Waals surface area contributed by atoms with Crippen molar-refractivity contribution in [2.24, 2.45) is 5.92 Å². The number of hydrogen-bond donors (Lipinski definition) is 1. The highest BCUT2D eigenvalue weighted by Gasteiger charge is 2.18. The Bertz CT molecular complexity index is 547. The largest absolute Gasteiger partial charge is 0.242 e. The van der Waals surface area contributed by atoms with Crippen molar-refractivity contribution in [3.05, 3.63) is 28.8 Å². The zero-order chi connectivity index (χ0) is 13.1. The monoisotopic (exact) mass is 272 g/mol. The van der Waals surface area contributed by atoms with Crippen molar-refractivity contribution < 1.29 is 8.42 Å². The first-order valence-corrected chi connectivity index (χ1v) is 6.92. The molecule has 4 nitrogen and oxygen atoms in total. The second-order valence-corrected chi connectivity index (χ2v) is 6.15. The van der Waals surface area contributed by atoms with Crippen molar-refractivity contribution >= 4 is 21.6 Å². The summed E-state index contributed by atoms with van der Waals surface area (Å²) in [7, 11) is -3.65. The minimum atomic E-state index is -3.65. The van der Waals surface area contributed by atoms with E-state index in [1.165, 1.54) is 18.2 Å². The molecular weight excluding hydrogens is 260 g/mol. The standard InChI is InChI=1S/C11H13ClN2O2S/c1-8(2)7-14-17(15,16)11-5-9(6-13)3-4-10(11)12/h3-5,8,14H,7H2,1-2H3. The number of benzene rings is 1. The number of hydrogen-bond acceptors (Lipinski definition) is 3. The Morgan fingerprint density at radius 2 is 2.12 bits per heavy atom. The van der Waals surface area contributed by atoms with Crippen LogP contribution in [0.1, 0.15) is 19.4 Å². The quantitative estimate of drug-likeness (QED) is 0.913. The first-order chi connectivity index (χ1) is 7.86. The van der Waals surface area contributed by atoms with E-state index in [1.807, 2.05) is 19.9 Å². The molecule has 0 saturated heterocycles. The molecule has 0 atom stereocenters. The molecule has 0 aliphatic heterocycles. The van der Waals surface area contributed by atoms with Crippen LogP contribution in [0.5, 0.6) is 0 Å². The highest BCUT2D eigenvalue weighted by molar-refractivity contribution is 7.89. The molecule has 0 heterocycles. The van der Waals surface area contributed by atoms with E-state index in [0.717, 1.165) is 0 Å². The summed E-state index contributed by atoms with van der Waals surface area (Å²) in [6, 6.07) is 6.03. The van der Waals surface area contributed by atoms with Crippen molar-refractivity contribution in [2.75, 3.05) is 6.54 Å². The lowest BCUT2D eigenvalue weighted by atomic mass is 10.2. The highest BCUT2D eigenvalue weighted by Crippen LogP contribution is 2.22. The molecule has 0 fully saturated rings. The van der Waals surface area contributed by atoms with Crippen molar-refractivity contribution in [1.82, 2.24) is 4.72 Å². The molecule has 6 heteroatoms. The van der Waals surface area contributed by atoms with Crippen LogP contribution < -0.4 is 4.72 Å². The van der Waals surface area contributed by atoms with Crippen LogP contribution in [0.15, 0.2) is 23.1 Å². The molecule has 17 heavy (non-hydrogen) atoms. The van der Waals surface area contributed by atoms with Gasteiger partial charge in [-0.2, -0.15) is 5.26 Å². The molecular formula is C11H13ClN2O2S. The first kappa shape index (κ1) is 14.0. The van der Waals surface area contributed by atoms with Crippen LogP contribution in [0.2, 0.25) is 5.02 Å². The summed E-state index contributed by atoms with van der Waals surface area (Å²) in [4.78, 5) is -0.0566. The van der Waals surface area contributed by atoms with Crippen molar-refractivity contribution in [2.45, 2.75) is 18.7 Å². The molecule has 0 spiro atoms. The number of nitrogens with one attached hydrogen (secondary N) is 1. The molecule has 1 aromatic rings.